The maximum absolute atomic E-state index is 13.6. The fraction of sp³-hybridized carbons (Fsp3) is 0.615. The molecule has 3 aliphatic rings. The van der Waals surface area contributed by atoms with Crippen LogP contribution in [0.15, 0.2) is 42.6 Å². The Morgan fingerprint density at radius 2 is 1.91 bits per heavy atom. The smallest absolute Gasteiger partial charge is 0.151 e. The molecule has 190 valence electrons. The van der Waals surface area contributed by atoms with E-state index in [1.165, 1.54) is 6.07 Å². The minimum atomic E-state index is -0.138. The first-order valence-electron chi connectivity index (χ1n) is 12.9. The molecule has 2 atom stereocenters. The zero-order chi connectivity index (χ0) is 24.0. The highest BCUT2D eigenvalue weighted by Gasteiger charge is 2.32. The second-order valence-electron chi connectivity index (χ2n) is 10.3. The lowest BCUT2D eigenvalue weighted by Crippen LogP contribution is -2.55. The lowest BCUT2D eigenvalue weighted by atomic mass is 9.82. The standard InChI is InChI=1S/C26H37FN6OS/c1-32-16-23(17-32)30-35-31-25-11-13-33(26-6-3-12-28-29-26)15-21(25)18-34-24-9-7-19(8-10-24)20-4-2-5-22(27)14-20/h2-6,12,14,19,21,23-25,30-31H,7-11,13,15-18H2,1H3. The van der Waals surface area contributed by atoms with E-state index >= 15 is 0 Å². The average Bonchev–Trinajstić information content (AvgIpc) is 2.87. The van der Waals surface area contributed by atoms with Gasteiger partial charge in [-0.3, -0.25) is 0 Å². The van der Waals surface area contributed by atoms with Gasteiger partial charge in [0.15, 0.2) is 5.82 Å². The Bertz CT molecular complexity index is 925. The highest BCUT2D eigenvalue weighted by Crippen LogP contribution is 2.35. The van der Waals surface area contributed by atoms with E-state index in [0.717, 1.165) is 76.3 Å². The molecular formula is C26H37FN6OS. The van der Waals surface area contributed by atoms with Gasteiger partial charge in [-0.15, -0.1) is 5.10 Å². The van der Waals surface area contributed by atoms with E-state index < -0.39 is 0 Å². The summed E-state index contributed by atoms with van der Waals surface area (Å²) in [5.41, 5.74) is 1.13. The van der Waals surface area contributed by atoms with Gasteiger partial charge >= 0.3 is 0 Å². The summed E-state index contributed by atoms with van der Waals surface area (Å²) in [7, 11) is 2.15. The van der Waals surface area contributed by atoms with Crippen LogP contribution in [0.3, 0.4) is 0 Å². The fourth-order valence-corrected chi connectivity index (χ4v) is 6.42. The molecule has 2 unspecified atom stereocenters. The molecule has 2 aliphatic heterocycles. The Morgan fingerprint density at radius 3 is 2.66 bits per heavy atom. The Balaban J connectivity index is 1.13. The molecule has 1 aromatic heterocycles. The number of nitrogens with zero attached hydrogens (tertiary/aromatic N) is 4. The molecule has 1 aromatic carbocycles. The Labute approximate surface area is 212 Å². The topological polar surface area (TPSA) is 65.5 Å². The Kier molecular flexibility index (Phi) is 8.51. The minimum Gasteiger partial charge on any atom is -0.378 e. The van der Waals surface area contributed by atoms with E-state index in [4.69, 9.17) is 4.74 Å². The Hall–Kier alpha value is -1.78. The van der Waals surface area contributed by atoms with Crippen molar-refractivity contribution < 1.29 is 9.13 Å². The molecular weight excluding hydrogens is 463 g/mol. The van der Waals surface area contributed by atoms with E-state index in [1.54, 1.807) is 24.4 Å². The van der Waals surface area contributed by atoms with Crippen LogP contribution in [0, 0.1) is 11.7 Å². The molecule has 0 bridgehead atoms. The van der Waals surface area contributed by atoms with Crippen LogP contribution in [0.25, 0.3) is 0 Å². The van der Waals surface area contributed by atoms with Gasteiger partial charge in [0.25, 0.3) is 0 Å². The number of benzene rings is 1. The number of ether oxygens (including phenoxy) is 1. The third kappa shape index (κ3) is 6.71. The van der Waals surface area contributed by atoms with Crippen molar-refractivity contribution in [2.75, 3.05) is 44.7 Å². The van der Waals surface area contributed by atoms with Gasteiger partial charge in [0.2, 0.25) is 0 Å². The lowest BCUT2D eigenvalue weighted by molar-refractivity contribution is -0.00202. The average molecular weight is 501 g/mol. The second kappa shape index (κ2) is 12.0. The first-order valence-corrected chi connectivity index (χ1v) is 13.7. The molecule has 5 rings (SSSR count). The quantitative estimate of drug-likeness (QED) is 0.507. The monoisotopic (exact) mass is 500 g/mol. The summed E-state index contributed by atoms with van der Waals surface area (Å²) in [6, 6.07) is 12.0. The van der Waals surface area contributed by atoms with Crippen LogP contribution in [0.4, 0.5) is 10.2 Å². The number of rotatable bonds is 9. The number of nitrogens with one attached hydrogen (secondary N) is 2. The number of aromatic nitrogens is 2. The third-order valence-corrected chi connectivity index (χ3v) is 8.53. The number of piperidine rings is 1. The predicted octanol–water partition coefficient (Wildman–Crippen LogP) is 3.61. The molecule has 7 nitrogen and oxygen atoms in total. The highest BCUT2D eigenvalue weighted by atomic mass is 32.2. The van der Waals surface area contributed by atoms with Gasteiger partial charge < -0.3 is 14.5 Å². The van der Waals surface area contributed by atoms with Crippen molar-refractivity contribution in [2.24, 2.45) is 5.92 Å². The van der Waals surface area contributed by atoms with Crippen molar-refractivity contribution in [3.05, 3.63) is 54.0 Å². The van der Waals surface area contributed by atoms with Gasteiger partial charge in [0.1, 0.15) is 5.82 Å². The van der Waals surface area contributed by atoms with Crippen LogP contribution < -0.4 is 14.3 Å². The molecule has 1 aliphatic carbocycles. The molecule has 2 N–H and O–H groups in total. The van der Waals surface area contributed by atoms with Gasteiger partial charge in [0.05, 0.1) is 12.7 Å². The number of anilines is 1. The normalized spacial score (nSPS) is 28.1. The summed E-state index contributed by atoms with van der Waals surface area (Å²) in [4.78, 5) is 4.65. The van der Waals surface area contributed by atoms with Crippen LogP contribution in [0.1, 0.15) is 43.6 Å². The van der Waals surface area contributed by atoms with Crippen molar-refractivity contribution >= 4 is 18.0 Å². The van der Waals surface area contributed by atoms with Gasteiger partial charge in [-0.2, -0.15) is 5.10 Å². The van der Waals surface area contributed by atoms with Crippen LogP contribution in [0.5, 0.6) is 0 Å². The summed E-state index contributed by atoms with van der Waals surface area (Å²) in [6.45, 7) is 4.80. The number of hydrogen-bond donors (Lipinski definition) is 2. The third-order valence-electron chi connectivity index (χ3n) is 7.66. The summed E-state index contributed by atoms with van der Waals surface area (Å²) >= 11 is 1.65. The zero-order valence-electron chi connectivity index (χ0n) is 20.5. The molecule has 9 heteroatoms. The van der Waals surface area contributed by atoms with Crippen LogP contribution in [-0.2, 0) is 4.74 Å². The minimum absolute atomic E-state index is 0.138. The first-order chi connectivity index (χ1) is 17.1. The second-order valence-corrected chi connectivity index (χ2v) is 11.0. The van der Waals surface area contributed by atoms with E-state index in [2.05, 4.69) is 42.6 Å². The van der Waals surface area contributed by atoms with Crippen LogP contribution >= 0.6 is 12.1 Å². The van der Waals surface area contributed by atoms with E-state index in [0.29, 0.717) is 23.9 Å². The lowest BCUT2D eigenvalue weighted by Gasteiger charge is -2.41. The Morgan fingerprint density at radius 1 is 1.06 bits per heavy atom. The van der Waals surface area contributed by atoms with Gasteiger partial charge in [0, 0.05) is 62.5 Å². The maximum Gasteiger partial charge on any atom is 0.151 e. The number of likely N-dealkylation sites (N-methyl/N-ethyl adjacent to an activating group) is 1. The van der Waals surface area contributed by atoms with E-state index in [9.17, 15) is 4.39 Å². The number of hydrogen-bond acceptors (Lipinski definition) is 8. The maximum atomic E-state index is 13.6. The molecule has 0 amide bonds. The molecule has 3 heterocycles. The van der Waals surface area contributed by atoms with Crippen molar-refractivity contribution in [2.45, 2.75) is 56.2 Å². The fourth-order valence-electron chi connectivity index (χ4n) is 5.58. The summed E-state index contributed by atoms with van der Waals surface area (Å²) in [6.07, 6.45) is 7.22. The van der Waals surface area contributed by atoms with Gasteiger partial charge in [-0.05, 0) is 74.9 Å². The van der Waals surface area contributed by atoms with Crippen molar-refractivity contribution in [1.82, 2.24) is 24.5 Å². The van der Waals surface area contributed by atoms with Gasteiger partial charge in [-0.1, -0.05) is 12.1 Å². The predicted molar refractivity (Wildman–Crippen MR) is 139 cm³/mol. The number of likely N-dealkylation sites (tertiary alicyclic amines) is 1. The molecule has 1 saturated carbocycles. The molecule has 2 aromatic rings. The first kappa shape index (κ1) is 24.9. The van der Waals surface area contributed by atoms with Crippen LogP contribution in [-0.4, -0.2) is 73.1 Å². The highest BCUT2D eigenvalue weighted by molar-refractivity contribution is 7.95. The molecule has 35 heavy (non-hydrogen) atoms. The summed E-state index contributed by atoms with van der Waals surface area (Å²) in [5.74, 6) is 1.61. The largest absolute Gasteiger partial charge is 0.378 e. The van der Waals surface area contributed by atoms with Crippen LogP contribution in [0.2, 0.25) is 0 Å². The summed E-state index contributed by atoms with van der Waals surface area (Å²) in [5, 5.41) is 8.40. The number of halogens is 1. The molecule has 2 saturated heterocycles. The van der Waals surface area contributed by atoms with Crippen molar-refractivity contribution in [3.63, 3.8) is 0 Å². The molecule has 0 spiro atoms. The molecule has 3 fully saturated rings. The van der Waals surface area contributed by atoms with E-state index in [1.807, 2.05) is 18.2 Å². The van der Waals surface area contributed by atoms with E-state index in [-0.39, 0.29) is 11.9 Å². The molecule has 0 radical (unpaired) electrons. The zero-order valence-corrected chi connectivity index (χ0v) is 21.3. The SMILES string of the molecule is CN1CC(NSNC2CCN(c3cccnn3)CC2COC2CCC(c3cccc(F)c3)CC2)C1. The summed E-state index contributed by atoms with van der Waals surface area (Å²) < 4.78 is 27.4. The van der Waals surface area contributed by atoms with Crippen molar-refractivity contribution in [1.29, 1.82) is 0 Å². The van der Waals surface area contributed by atoms with Gasteiger partial charge in [-0.25, -0.2) is 13.8 Å². The van der Waals surface area contributed by atoms with Crippen molar-refractivity contribution in [3.8, 4) is 0 Å².